The number of nitrogens with two attached hydrogens (primary N) is 2. The topological polar surface area (TPSA) is 256 Å². The summed E-state index contributed by atoms with van der Waals surface area (Å²) in [6.07, 6.45) is -0.355. The highest BCUT2D eigenvalue weighted by molar-refractivity contribution is 7.50. The van der Waals surface area contributed by atoms with Gasteiger partial charge in [0.15, 0.2) is 11.2 Å². The van der Waals surface area contributed by atoms with Gasteiger partial charge in [-0.05, 0) is 13.8 Å². The number of H-pyrrole nitrogens is 1. The molecule has 4 atom stereocenters. The van der Waals surface area contributed by atoms with Gasteiger partial charge in [0.2, 0.25) is 5.95 Å². The summed E-state index contributed by atoms with van der Waals surface area (Å²) >= 11 is 0. The van der Waals surface area contributed by atoms with Crippen molar-refractivity contribution in [3.05, 3.63) is 16.7 Å². The summed E-state index contributed by atoms with van der Waals surface area (Å²) in [5.74, 6) is -0.519. The van der Waals surface area contributed by atoms with Gasteiger partial charge in [-0.3, -0.25) is 28.5 Å². The number of rotatable bonds is 12. The van der Waals surface area contributed by atoms with Crippen molar-refractivity contribution in [1.82, 2.24) is 24.8 Å². The van der Waals surface area contributed by atoms with Crippen LogP contribution in [0.25, 0.3) is 11.2 Å². The van der Waals surface area contributed by atoms with Gasteiger partial charge < -0.3 is 35.3 Å². The largest absolute Gasteiger partial charge is 0.466 e. The molecule has 1 aliphatic rings. The molecule has 17 nitrogen and oxygen atoms in total. The summed E-state index contributed by atoms with van der Waals surface area (Å²) in [5, 5.41) is 12.9. The SMILES string of the molecule is CCOC(=O)CCNCCC(=O)OCC.Nc1nc2c(ncn2[C@H]2C[C@H](O)[C@@H](COP(N)(=O)O)O2)c(=O)[nH]1. The molecule has 214 valence electrons. The van der Waals surface area contributed by atoms with Gasteiger partial charge >= 0.3 is 19.7 Å². The van der Waals surface area contributed by atoms with Crippen LogP contribution in [0.4, 0.5) is 5.95 Å². The van der Waals surface area contributed by atoms with Gasteiger partial charge in [0.05, 0.1) is 45.1 Å². The van der Waals surface area contributed by atoms with E-state index < -0.39 is 31.7 Å². The molecule has 0 amide bonds. The number of nitrogens with one attached hydrogen (secondary N) is 2. The van der Waals surface area contributed by atoms with Crippen molar-refractivity contribution in [2.75, 3.05) is 38.6 Å². The van der Waals surface area contributed by atoms with Crippen molar-refractivity contribution in [2.24, 2.45) is 5.50 Å². The zero-order valence-electron chi connectivity index (χ0n) is 21.1. The first-order valence-corrected chi connectivity index (χ1v) is 13.4. The van der Waals surface area contributed by atoms with Crippen LogP contribution >= 0.6 is 7.75 Å². The van der Waals surface area contributed by atoms with Crippen molar-refractivity contribution in [3.8, 4) is 0 Å². The van der Waals surface area contributed by atoms with E-state index in [0.717, 1.165) is 0 Å². The molecule has 38 heavy (non-hydrogen) atoms. The van der Waals surface area contributed by atoms with Crippen molar-refractivity contribution in [3.63, 3.8) is 0 Å². The number of ether oxygens (including phenoxy) is 3. The monoisotopic (exact) mass is 563 g/mol. The molecule has 1 aliphatic heterocycles. The molecule has 3 heterocycles. The minimum atomic E-state index is -4.16. The highest BCUT2D eigenvalue weighted by atomic mass is 31.2. The third-order valence-corrected chi connectivity index (χ3v) is 5.53. The molecule has 0 aliphatic carbocycles. The number of carbonyl (C=O) groups excluding carboxylic acids is 2. The molecule has 18 heteroatoms. The maximum atomic E-state index is 11.7. The van der Waals surface area contributed by atoms with Gasteiger partial charge in [0.1, 0.15) is 12.3 Å². The summed E-state index contributed by atoms with van der Waals surface area (Å²) in [7, 11) is -4.16. The molecule has 0 radical (unpaired) electrons. The second-order valence-corrected chi connectivity index (χ2v) is 9.31. The van der Waals surface area contributed by atoms with Crippen LogP contribution in [0, 0.1) is 0 Å². The van der Waals surface area contributed by atoms with Gasteiger partial charge in [0, 0.05) is 19.5 Å². The quantitative estimate of drug-likeness (QED) is 0.102. The maximum Gasteiger partial charge on any atom is 0.400 e. The first-order valence-electron chi connectivity index (χ1n) is 11.8. The van der Waals surface area contributed by atoms with E-state index in [0.29, 0.717) is 39.1 Å². The summed E-state index contributed by atoms with van der Waals surface area (Å²) in [5.41, 5.74) is 10.2. The number of nitrogens with zero attached hydrogens (tertiary/aromatic N) is 3. The van der Waals surface area contributed by atoms with Crippen LogP contribution in [-0.2, 0) is 32.9 Å². The molecule has 0 saturated carbocycles. The number of hydrogen-bond acceptors (Lipinski definition) is 13. The lowest BCUT2D eigenvalue weighted by Crippen LogP contribution is -2.26. The molecule has 2 aromatic rings. The lowest BCUT2D eigenvalue weighted by Gasteiger charge is -2.16. The van der Waals surface area contributed by atoms with E-state index in [2.05, 4.69) is 24.8 Å². The Labute approximate surface area is 217 Å². The predicted molar refractivity (Wildman–Crippen MR) is 132 cm³/mol. The molecule has 0 spiro atoms. The summed E-state index contributed by atoms with van der Waals surface area (Å²) in [6, 6.07) is 0. The Morgan fingerprint density at radius 2 is 1.87 bits per heavy atom. The average Bonchev–Trinajstić information content (AvgIpc) is 3.41. The second-order valence-electron chi connectivity index (χ2n) is 7.93. The van der Waals surface area contributed by atoms with Crippen molar-refractivity contribution >= 4 is 36.8 Å². The first kappa shape index (κ1) is 31.3. The molecule has 8 N–H and O–H groups in total. The fourth-order valence-corrected chi connectivity index (χ4v) is 3.70. The third-order valence-electron chi connectivity index (χ3n) is 5.01. The fraction of sp³-hybridized carbons (Fsp3) is 0.650. The Bertz CT molecular complexity index is 1150. The van der Waals surface area contributed by atoms with Crippen LogP contribution in [0.1, 0.15) is 39.3 Å². The lowest BCUT2D eigenvalue weighted by atomic mass is 10.2. The summed E-state index contributed by atoms with van der Waals surface area (Å²) in [6.45, 7) is 5.04. The number of carbonyl (C=O) groups is 2. The Balaban J connectivity index is 0.000000296. The Kier molecular flexibility index (Phi) is 12.2. The standard InChI is InChI=1S/C10H15N6O6P.C10H19NO4/c11-10-14-8-7(9(18)15-10)13-3-16(8)6-1-4(17)5(22-6)2-21-23(12,19)20;1-3-14-9(12)5-7-11-8-6-10(13)15-4-2/h3-6,17H,1-2H2,(H3,12,19,20)(H3,11,14,15,18);11H,3-8H2,1-2H3/t4-,5+,6+;/m0./s1. The van der Waals surface area contributed by atoms with Gasteiger partial charge in [-0.1, -0.05) is 0 Å². The second kappa shape index (κ2) is 14.9. The number of aliphatic hydroxyl groups is 1. The number of nitrogen functional groups attached to an aromatic ring is 1. The van der Waals surface area contributed by atoms with Crippen LogP contribution in [0.15, 0.2) is 11.1 Å². The number of anilines is 1. The first-order chi connectivity index (χ1) is 17.9. The fourth-order valence-electron chi connectivity index (χ4n) is 3.34. The van der Waals surface area contributed by atoms with Crippen LogP contribution < -0.4 is 22.1 Å². The van der Waals surface area contributed by atoms with E-state index in [1.807, 2.05) is 0 Å². The van der Waals surface area contributed by atoms with Gasteiger partial charge in [0.25, 0.3) is 5.56 Å². The van der Waals surface area contributed by atoms with E-state index in [4.69, 9.17) is 30.3 Å². The number of aromatic nitrogens is 4. The molecule has 1 fully saturated rings. The number of esters is 2. The molecule has 0 aromatic carbocycles. The molecule has 2 aromatic heterocycles. The predicted octanol–water partition coefficient (Wildman–Crippen LogP) is -1.09. The third kappa shape index (κ3) is 10.1. The van der Waals surface area contributed by atoms with E-state index in [-0.39, 0.29) is 42.1 Å². The molecular weight excluding hydrogens is 529 g/mol. The minimum Gasteiger partial charge on any atom is -0.466 e. The zero-order chi connectivity index (χ0) is 28.3. The molecule has 1 saturated heterocycles. The van der Waals surface area contributed by atoms with Crippen molar-refractivity contribution in [2.45, 2.75) is 51.5 Å². The Morgan fingerprint density at radius 1 is 1.26 bits per heavy atom. The van der Waals surface area contributed by atoms with Gasteiger partial charge in [-0.15, -0.1) is 0 Å². The maximum absolute atomic E-state index is 11.7. The normalized spacial score (nSPS) is 20.4. The Morgan fingerprint density at radius 3 is 2.42 bits per heavy atom. The van der Waals surface area contributed by atoms with Crippen LogP contribution in [0.3, 0.4) is 0 Å². The van der Waals surface area contributed by atoms with Crippen LogP contribution in [0.5, 0.6) is 0 Å². The summed E-state index contributed by atoms with van der Waals surface area (Å²) < 4.78 is 32.0. The lowest BCUT2D eigenvalue weighted by molar-refractivity contribution is -0.143. The van der Waals surface area contributed by atoms with E-state index in [1.54, 1.807) is 13.8 Å². The van der Waals surface area contributed by atoms with Crippen LogP contribution in [0.2, 0.25) is 0 Å². The highest BCUT2D eigenvalue weighted by Crippen LogP contribution is 2.35. The van der Waals surface area contributed by atoms with E-state index in [9.17, 15) is 24.1 Å². The van der Waals surface area contributed by atoms with E-state index in [1.165, 1.54) is 10.9 Å². The van der Waals surface area contributed by atoms with Gasteiger partial charge in [-0.25, -0.2) is 15.1 Å². The van der Waals surface area contributed by atoms with Crippen molar-refractivity contribution in [1.29, 1.82) is 0 Å². The number of aliphatic hydroxyl groups excluding tert-OH is 1. The molecule has 3 rings (SSSR count). The number of hydrogen-bond donors (Lipinski definition) is 6. The van der Waals surface area contributed by atoms with Crippen LogP contribution in [-0.4, -0.2) is 86.6 Å². The van der Waals surface area contributed by atoms with E-state index >= 15 is 0 Å². The number of fused-ring (bicyclic) bond motifs is 1. The highest BCUT2D eigenvalue weighted by Gasteiger charge is 2.37. The van der Waals surface area contributed by atoms with Gasteiger partial charge in [-0.2, -0.15) is 4.98 Å². The molecular formula is C20H34N7O10P. The average molecular weight is 564 g/mol. The summed E-state index contributed by atoms with van der Waals surface area (Å²) in [4.78, 5) is 52.7. The molecule has 0 bridgehead atoms. The molecule has 1 unspecified atom stereocenters. The smallest absolute Gasteiger partial charge is 0.400 e. The number of aromatic amines is 1. The van der Waals surface area contributed by atoms with Crippen molar-refractivity contribution < 1.29 is 42.9 Å². The zero-order valence-corrected chi connectivity index (χ0v) is 22.0. The number of imidazole rings is 1. The Hall–Kier alpha value is -2.92. The minimum absolute atomic E-state index is 0.0768.